The van der Waals surface area contributed by atoms with E-state index >= 15 is 0 Å². The predicted octanol–water partition coefficient (Wildman–Crippen LogP) is 5.67. The van der Waals surface area contributed by atoms with Crippen molar-refractivity contribution in [2.45, 2.75) is 34.6 Å². The minimum Gasteiger partial charge on any atom is -0.497 e. The topological polar surface area (TPSA) is 65.1 Å². The molecule has 0 aliphatic rings. The zero-order chi connectivity index (χ0) is 22.2. The number of anilines is 2. The molecule has 1 aromatic heterocycles. The van der Waals surface area contributed by atoms with Crippen molar-refractivity contribution < 1.29 is 13.5 Å². The number of hydrogen-bond acceptors (Lipinski definition) is 4. The molecule has 0 aliphatic carbocycles. The van der Waals surface area contributed by atoms with Gasteiger partial charge in [-0.05, 0) is 45.7 Å². The van der Waals surface area contributed by atoms with Crippen LogP contribution in [0.25, 0.3) is 17.0 Å². The van der Waals surface area contributed by atoms with Gasteiger partial charge in [-0.1, -0.05) is 18.2 Å². The Balaban J connectivity index is 2.33. The summed E-state index contributed by atoms with van der Waals surface area (Å²) >= 11 is 0. The van der Waals surface area contributed by atoms with E-state index in [-0.39, 0.29) is 17.0 Å². The lowest BCUT2D eigenvalue weighted by atomic mass is 10.1. The van der Waals surface area contributed by atoms with Crippen molar-refractivity contribution in [3.63, 3.8) is 0 Å². The molecule has 2 aromatic carbocycles. The highest BCUT2D eigenvalue weighted by atomic mass is 19.1. The first-order chi connectivity index (χ1) is 14.1. The molecule has 0 saturated heterocycles. The first-order valence-corrected chi connectivity index (χ1v) is 9.55. The van der Waals surface area contributed by atoms with Crippen molar-refractivity contribution in [2.24, 2.45) is 5.73 Å². The number of para-hydroxylation sites is 1. The Kier molecular flexibility index (Phi) is 5.82. The Morgan fingerprint density at radius 1 is 1.07 bits per heavy atom. The summed E-state index contributed by atoms with van der Waals surface area (Å²) in [6.07, 6.45) is 0. The number of halogens is 2. The van der Waals surface area contributed by atoms with Gasteiger partial charge in [0, 0.05) is 29.2 Å². The zero-order valence-corrected chi connectivity index (χ0v) is 18.0. The molecule has 0 saturated carbocycles. The molecule has 0 atom stereocenters. The van der Waals surface area contributed by atoms with Crippen LogP contribution in [-0.4, -0.2) is 16.7 Å². The minimum absolute atomic E-state index is 0.100. The monoisotopic (exact) mass is 412 g/mol. The smallest absolute Gasteiger partial charge is 0.143 e. The molecule has 0 aliphatic heterocycles. The summed E-state index contributed by atoms with van der Waals surface area (Å²) < 4.78 is 36.6. The average Bonchev–Trinajstić information content (AvgIpc) is 2.98. The first-order valence-electron chi connectivity index (χ1n) is 9.55. The normalized spacial score (nSPS) is 12.0. The lowest BCUT2D eigenvalue weighted by molar-refractivity contribution is 0.407. The van der Waals surface area contributed by atoms with Crippen LogP contribution in [0.3, 0.4) is 0 Å². The van der Waals surface area contributed by atoms with Crippen LogP contribution in [0.4, 0.5) is 20.3 Å². The number of hydrogen-bond donors (Lipinski definition) is 2. The molecule has 0 spiro atoms. The van der Waals surface area contributed by atoms with E-state index < -0.39 is 11.6 Å². The predicted molar refractivity (Wildman–Crippen MR) is 117 cm³/mol. The van der Waals surface area contributed by atoms with Gasteiger partial charge in [0.05, 0.1) is 12.7 Å². The van der Waals surface area contributed by atoms with E-state index in [4.69, 9.17) is 10.5 Å². The summed E-state index contributed by atoms with van der Waals surface area (Å²) in [6, 6.07) is 8.18. The van der Waals surface area contributed by atoms with E-state index in [0.717, 1.165) is 28.9 Å². The molecule has 3 N–H and O–H groups in total. The van der Waals surface area contributed by atoms with Crippen molar-refractivity contribution in [1.82, 2.24) is 9.55 Å². The number of rotatable bonds is 5. The number of imidazole rings is 1. The maximum atomic E-state index is 14.9. The van der Waals surface area contributed by atoms with Crippen LogP contribution in [-0.2, 0) is 0 Å². The summed E-state index contributed by atoms with van der Waals surface area (Å²) in [5.41, 5.74) is 10.1. The van der Waals surface area contributed by atoms with Gasteiger partial charge in [-0.15, -0.1) is 0 Å². The average molecular weight is 412 g/mol. The summed E-state index contributed by atoms with van der Waals surface area (Å²) in [5, 5.41) is 3.36. The van der Waals surface area contributed by atoms with Crippen LogP contribution in [0.15, 0.2) is 36.0 Å². The Bertz CT molecular complexity index is 1100. The summed E-state index contributed by atoms with van der Waals surface area (Å²) in [4.78, 5) is 4.51. The second kappa shape index (κ2) is 8.18. The van der Waals surface area contributed by atoms with Crippen LogP contribution < -0.4 is 15.8 Å². The van der Waals surface area contributed by atoms with Crippen LogP contribution >= 0.6 is 0 Å². The fourth-order valence-electron chi connectivity index (χ4n) is 3.43. The second-order valence-electron chi connectivity index (χ2n) is 7.32. The SMILES string of the molecule is COc1cc(F)c(-c2nc(C)n(/C(C)=C(\C)N)c2Nc2c(C)cccc2C)c(F)c1. The molecule has 0 amide bonds. The number of benzene rings is 2. The lowest BCUT2D eigenvalue weighted by Gasteiger charge is -2.18. The van der Waals surface area contributed by atoms with Crippen LogP contribution in [0.2, 0.25) is 0 Å². The van der Waals surface area contributed by atoms with Gasteiger partial charge >= 0.3 is 0 Å². The van der Waals surface area contributed by atoms with Crippen molar-refractivity contribution in [2.75, 3.05) is 12.4 Å². The van der Waals surface area contributed by atoms with Crippen LogP contribution in [0.5, 0.6) is 5.75 Å². The quantitative estimate of drug-likeness (QED) is 0.566. The van der Waals surface area contributed by atoms with E-state index in [1.807, 2.05) is 39.0 Å². The van der Waals surface area contributed by atoms with E-state index in [2.05, 4.69) is 10.3 Å². The number of methoxy groups -OCH3 is 1. The number of nitrogens with two attached hydrogens (primary N) is 1. The highest BCUT2D eigenvalue weighted by Gasteiger charge is 2.25. The molecule has 0 radical (unpaired) electrons. The van der Waals surface area contributed by atoms with E-state index in [9.17, 15) is 8.78 Å². The number of nitrogens with zero attached hydrogens (tertiary/aromatic N) is 2. The maximum Gasteiger partial charge on any atom is 0.143 e. The van der Waals surface area contributed by atoms with Crippen molar-refractivity contribution in [1.29, 1.82) is 0 Å². The second-order valence-corrected chi connectivity index (χ2v) is 7.32. The van der Waals surface area contributed by atoms with Crippen molar-refractivity contribution in [3.05, 3.63) is 64.6 Å². The fraction of sp³-hybridized carbons (Fsp3) is 0.261. The Morgan fingerprint density at radius 3 is 2.13 bits per heavy atom. The largest absolute Gasteiger partial charge is 0.497 e. The van der Waals surface area contributed by atoms with E-state index in [1.165, 1.54) is 7.11 Å². The molecule has 3 aromatic rings. The molecule has 1 heterocycles. The van der Waals surface area contributed by atoms with E-state index in [1.54, 1.807) is 18.4 Å². The molecule has 7 heteroatoms. The van der Waals surface area contributed by atoms with Gasteiger partial charge in [0.1, 0.15) is 34.7 Å². The summed E-state index contributed by atoms with van der Waals surface area (Å²) in [7, 11) is 1.36. The third kappa shape index (κ3) is 3.75. The molecule has 0 bridgehead atoms. The highest BCUT2D eigenvalue weighted by Crippen LogP contribution is 2.38. The molecule has 30 heavy (non-hydrogen) atoms. The third-order valence-electron chi connectivity index (χ3n) is 5.16. The number of aryl methyl sites for hydroxylation is 3. The minimum atomic E-state index is -0.757. The molecule has 0 unspecified atom stereocenters. The molecule has 158 valence electrons. The lowest BCUT2D eigenvalue weighted by Crippen LogP contribution is -2.09. The number of nitrogens with one attached hydrogen (secondary N) is 1. The number of aromatic nitrogens is 2. The van der Waals surface area contributed by atoms with Crippen LogP contribution in [0, 0.1) is 32.4 Å². The Labute approximate surface area is 175 Å². The van der Waals surface area contributed by atoms with Gasteiger partial charge in [-0.2, -0.15) is 0 Å². The van der Waals surface area contributed by atoms with Gasteiger partial charge in [-0.3, -0.25) is 4.57 Å². The fourth-order valence-corrected chi connectivity index (χ4v) is 3.43. The summed E-state index contributed by atoms with van der Waals surface area (Å²) in [6.45, 7) is 9.31. The van der Waals surface area contributed by atoms with Gasteiger partial charge in [0.2, 0.25) is 0 Å². The molecular weight excluding hydrogens is 386 g/mol. The number of allylic oxidation sites excluding steroid dienone is 2. The highest BCUT2D eigenvalue weighted by molar-refractivity contribution is 5.81. The van der Waals surface area contributed by atoms with E-state index in [0.29, 0.717) is 23.0 Å². The standard InChI is InChI=1S/C23H26F2N4O/c1-12-8-7-9-13(2)21(12)28-23-22(27-16(5)29(23)15(4)14(3)26)20-18(24)10-17(30-6)11-19(20)25/h7-11,28H,26H2,1-6H3/b15-14+. The van der Waals surface area contributed by atoms with Crippen molar-refractivity contribution in [3.8, 4) is 17.0 Å². The van der Waals surface area contributed by atoms with Crippen LogP contribution in [0.1, 0.15) is 30.8 Å². The molecule has 5 nitrogen and oxygen atoms in total. The molecule has 3 rings (SSSR count). The number of ether oxygens (including phenoxy) is 1. The summed E-state index contributed by atoms with van der Waals surface area (Å²) in [5.74, 6) is -0.423. The maximum absolute atomic E-state index is 14.9. The molecule has 0 fully saturated rings. The zero-order valence-electron chi connectivity index (χ0n) is 18.0. The van der Waals surface area contributed by atoms with Gasteiger partial charge in [-0.25, -0.2) is 13.8 Å². The van der Waals surface area contributed by atoms with Gasteiger partial charge in [0.15, 0.2) is 0 Å². The Hall–Kier alpha value is -3.35. The third-order valence-corrected chi connectivity index (χ3v) is 5.16. The molecular formula is C23H26F2N4O. The Morgan fingerprint density at radius 2 is 1.63 bits per heavy atom. The first kappa shape index (κ1) is 21.4. The van der Waals surface area contributed by atoms with Gasteiger partial charge < -0.3 is 15.8 Å². The van der Waals surface area contributed by atoms with Crippen molar-refractivity contribution >= 4 is 17.2 Å². The van der Waals surface area contributed by atoms with Gasteiger partial charge in [0.25, 0.3) is 0 Å².